The van der Waals surface area contributed by atoms with Crippen molar-refractivity contribution in [3.8, 4) is 0 Å². The van der Waals surface area contributed by atoms with Gasteiger partial charge in [0.1, 0.15) is 0 Å². The molecule has 0 bridgehead atoms. The summed E-state index contributed by atoms with van der Waals surface area (Å²) in [4.78, 5) is 9.16. The smallest absolute Gasteiger partial charge is 0.333 e. The highest BCUT2D eigenvalue weighted by molar-refractivity contribution is 8.01. The summed E-state index contributed by atoms with van der Waals surface area (Å²) in [6.45, 7) is 4.92. The number of rotatable bonds is 4. The zero-order valence-electron chi connectivity index (χ0n) is 5.83. The highest BCUT2D eigenvalue weighted by Gasteiger charge is 2.27. The largest absolute Gasteiger partial charge is 0.479 e. The number of carbonyl (C=O) groups is 1. The molecule has 0 spiro atoms. The van der Waals surface area contributed by atoms with E-state index >= 15 is 0 Å². The van der Waals surface area contributed by atoms with Gasteiger partial charge in [-0.2, -0.15) is 0 Å². The minimum atomic E-state index is -1.19. The Bertz CT molecular complexity index is 145. The van der Waals surface area contributed by atoms with E-state index in [1.165, 1.54) is 6.92 Å². The van der Waals surface area contributed by atoms with Crippen LogP contribution >= 0.6 is 11.8 Å². The first-order valence-corrected chi connectivity index (χ1v) is 3.76. The molecule has 0 aliphatic carbocycles. The molecule has 0 aliphatic rings. The second-order valence-corrected chi connectivity index (χ2v) is 3.48. The number of carboxylic acids is 1. The number of aliphatic carboxylic acids is 1. The first kappa shape index (κ1) is 9.52. The normalized spacial score (nSPS) is 15.8. The van der Waals surface area contributed by atoms with E-state index in [0.717, 1.165) is 11.8 Å². The maximum atomic E-state index is 10.3. The van der Waals surface area contributed by atoms with Crippen molar-refractivity contribution >= 4 is 17.7 Å². The van der Waals surface area contributed by atoms with Crippen LogP contribution in [0.1, 0.15) is 6.92 Å². The van der Waals surface area contributed by atoms with Crippen LogP contribution in [0.2, 0.25) is 0 Å². The monoisotopic (exact) mass is 161 g/mol. The molecule has 0 saturated carbocycles. The van der Waals surface area contributed by atoms with Gasteiger partial charge in [0, 0.05) is 5.75 Å². The van der Waals surface area contributed by atoms with E-state index in [0.29, 0.717) is 5.75 Å². The standard InChI is InChI=1S/C6H11NO2S/c1-3-4-10-6(2,7)5(8)9/h3H,1,4,7H2,2H3,(H,8,9)/t6-/m1/s1. The third-order valence-electron chi connectivity index (χ3n) is 0.926. The molecule has 10 heavy (non-hydrogen) atoms. The van der Waals surface area contributed by atoms with Gasteiger partial charge in [-0.25, -0.2) is 4.79 Å². The van der Waals surface area contributed by atoms with Crippen LogP contribution in [0, 0.1) is 0 Å². The number of carboxylic acid groups (broad SMARTS) is 1. The molecule has 0 fully saturated rings. The molecule has 1 atom stereocenters. The van der Waals surface area contributed by atoms with Gasteiger partial charge < -0.3 is 10.8 Å². The molecule has 0 saturated heterocycles. The van der Waals surface area contributed by atoms with Gasteiger partial charge in [0.05, 0.1) is 0 Å². The van der Waals surface area contributed by atoms with Crippen LogP contribution in [0.4, 0.5) is 0 Å². The van der Waals surface area contributed by atoms with Crippen LogP contribution in [0.25, 0.3) is 0 Å². The second-order valence-electron chi connectivity index (χ2n) is 2.01. The molecule has 0 aromatic carbocycles. The molecule has 0 aromatic rings. The summed E-state index contributed by atoms with van der Waals surface area (Å²) in [7, 11) is 0. The maximum Gasteiger partial charge on any atom is 0.333 e. The first-order chi connectivity index (χ1) is 4.50. The zero-order valence-corrected chi connectivity index (χ0v) is 6.65. The van der Waals surface area contributed by atoms with Crippen molar-refractivity contribution in [2.24, 2.45) is 5.73 Å². The Morgan fingerprint density at radius 3 is 2.80 bits per heavy atom. The lowest BCUT2D eigenvalue weighted by molar-refractivity contribution is -0.139. The molecule has 0 heterocycles. The fraction of sp³-hybridized carbons (Fsp3) is 0.500. The summed E-state index contributed by atoms with van der Waals surface area (Å²) in [5.41, 5.74) is 5.36. The zero-order chi connectivity index (χ0) is 8.20. The third kappa shape index (κ3) is 2.89. The molecule has 4 heteroatoms. The van der Waals surface area contributed by atoms with Crippen LogP contribution < -0.4 is 5.73 Å². The SMILES string of the molecule is C=CCS[C@@](C)(N)C(=O)O. The van der Waals surface area contributed by atoms with Crippen LogP contribution in [-0.2, 0) is 4.79 Å². The first-order valence-electron chi connectivity index (χ1n) is 2.78. The summed E-state index contributed by atoms with van der Waals surface area (Å²) in [6, 6.07) is 0. The summed E-state index contributed by atoms with van der Waals surface area (Å²) >= 11 is 1.15. The third-order valence-corrected chi connectivity index (χ3v) is 2.10. The Morgan fingerprint density at radius 1 is 2.00 bits per heavy atom. The summed E-state index contributed by atoms with van der Waals surface area (Å²) in [5.74, 6) is -0.446. The van der Waals surface area contributed by atoms with Gasteiger partial charge >= 0.3 is 5.97 Å². The minimum Gasteiger partial charge on any atom is -0.479 e. The van der Waals surface area contributed by atoms with E-state index in [1.54, 1.807) is 6.08 Å². The molecule has 0 unspecified atom stereocenters. The van der Waals surface area contributed by atoms with Crippen LogP contribution in [0.5, 0.6) is 0 Å². The van der Waals surface area contributed by atoms with E-state index in [2.05, 4.69) is 6.58 Å². The predicted molar refractivity (Wildman–Crippen MR) is 42.9 cm³/mol. The molecule has 0 aromatic heterocycles. The van der Waals surface area contributed by atoms with Crippen molar-refractivity contribution in [1.82, 2.24) is 0 Å². The Labute approximate surface area is 64.3 Å². The summed E-state index contributed by atoms with van der Waals surface area (Å²) in [6.07, 6.45) is 1.62. The second kappa shape index (κ2) is 3.63. The number of nitrogens with two attached hydrogens (primary N) is 1. The van der Waals surface area contributed by atoms with Gasteiger partial charge in [0.15, 0.2) is 4.87 Å². The highest BCUT2D eigenvalue weighted by atomic mass is 32.2. The van der Waals surface area contributed by atoms with Crippen molar-refractivity contribution in [3.63, 3.8) is 0 Å². The molecular weight excluding hydrogens is 150 g/mol. The van der Waals surface area contributed by atoms with Crippen LogP contribution in [-0.4, -0.2) is 21.7 Å². The number of thioether (sulfide) groups is 1. The van der Waals surface area contributed by atoms with Crippen LogP contribution in [0.3, 0.4) is 0 Å². The lowest BCUT2D eigenvalue weighted by atomic mass is 10.4. The molecule has 58 valence electrons. The van der Waals surface area contributed by atoms with Gasteiger partial charge in [0.2, 0.25) is 0 Å². The average Bonchev–Trinajstić information content (AvgIpc) is 1.84. The van der Waals surface area contributed by atoms with Gasteiger partial charge in [0.25, 0.3) is 0 Å². The highest BCUT2D eigenvalue weighted by Crippen LogP contribution is 2.18. The van der Waals surface area contributed by atoms with E-state index in [4.69, 9.17) is 10.8 Å². The van der Waals surface area contributed by atoms with E-state index in [9.17, 15) is 4.79 Å². The van der Waals surface area contributed by atoms with Crippen molar-refractivity contribution in [2.75, 3.05) is 5.75 Å². The minimum absolute atomic E-state index is 0.555. The Hall–Kier alpha value is -0.480. The fourth-order valence-electron chi connectivity index (χ4n) is 0.294. The van der Waals surface area contributed by atoms with Crippen molar-refractivity contribution in [2.45, 2.75) is 11.8 Å². The van der Waals surface area contributed by atoms with E-state index < -0.39 is 10.8 Å². The molecular formula is C6H11NO2S. The molecule has 0 aliphatic heterocycles. The topological polar surface area (TPSA) is 63.3 Å². The van der Waals surface area contributed by atoms with Gasteiger partial charge in [-0.3, -0.25) is 0 Å². The van der Waals surface area contributed by atoms with E-state index in [1.807, 2.05) is 0 Å². The Balaban J connectivity index is 3.86. The van der Waals surface area contributed by atoms with Crippen molar-refractivity contribution in [3.05, 3.63) is 12.7 Å². The lowest BCUT2D eigenvalue weighted by Crippen LogP contribution is -2.41. The van der Waals surface area contributed by atoms with E-state index in [-0.39, 0.29) is 0 Å². The van der Waals surface area contributed by atoms with Crippen molar-refractivity contribution in [1.29, 1.82) is 0 Å². The van der Waals surface area contributed by atoms with Crippen LogP contribution in [0.15, 0.2) is 12.7 Å². The number of hydrogen-bond donors (Lipinski definition) is 2. The quantitative estimate of drug-likeness (QED) is 0.470. The molecule has 0 amide bonds. The van der Waals surface area contributed by atoms with Crippen molar-refractivity contribution < 1.29 is 9.90 Å². The molecule has 3 nitrogen and oxygen atoms in total. The Kier molecular flexibility index (Phi) is 3.46. The summed E-state index contributed by atoms with van der Waals surface area (Å²) in [5, 5.41) is 8.49. The molecule has 0 radical (unpaired) electrons. The number of hydrogen-bond acceptors (Lipinski definition) is 3. The maximum absolute atomic E-state index is 10.3. The predicted octanol–water partition coefficient (Wildman–Crippen LogP) is 0.665. The Morgan fingerprint density at radius 2 is 2.50 bits per heavy atom. The lowest BCUT2D eigenvalue weighted by Gasteiger charge is -2.16. The van der Waals surface area contributed by atoms with Gasteiger partial charge in [-0.1, -0.05) is 6.08 Å². The molecule has 0 rings (SSSR count). The molecule has 3 N–H and O–H groups in total. The fourth-order valence-corrected chi connectivity index (χ4v) is 0.881. The van der Waals surface area contributed by atoms with Gasteiger partial charge in [-0.05, 0) is 6.92 Å². The summed E-state index contributed by atoms with van der Waals surface area (Å²) < 4.78 is 0. The average molecular weight is 161 g/mol. The van der Waals surface area contributed by atoms with Gasteiger partial charge in [-0.15, -0.1) is 18.3 Å².